The summed E-state index contributed by atoms with van der Waals surface area (Å²) in [4.78, 5) is 5.26. The minimum atomic E-state index is -0.494. The van der Waals surface area contributed by atoms with Crippen LogP contribution in [0.25, 0.3) is 0 Å². The summed E-state index contributed by atoms with van der Waals surface area (Å²) in [6.07, 6.45) is 3.86. The van der Waals surface area contributed by atoms with Crippen LogP contribution in [-0.4, -0.2) is 35.2 Å². The zero-order valence-corrected chi connectivity index (χ0v) is 9.78. The second-order valence-corrected chi connectivity index (χ2v) is 5.31. The van der Waals surface area contributed by atoms with Gasteiger partial charge in [-0.25, -0.2) is 0 Å². The molecule has 5 heteroatoms. The summed E-state index contributed by atoms with van der Waals surface area (Å²) < 4.78 is 11.6. The number of hydrogen-bond donors (Lipinski definition) is 1. The Labute approximate surface area is 98.2 Å². The fraction of sp³-hybridized carbons (Fsp3) is 0.727. The molecule has 1 aliphatic heterocycles. The molecule has 3 rings (SSSR count). The average Bonchev–Trinajstić information content (AvgIpc) is 2.95. The molecule has 88 valence electrons. The van der Waals surface area contributed by atoms with Crippen LogP contribution in [0.1, 0.15) is 30.1 Å². The molecular weight excluding hydrogens is 226 g/mol. The number of aliphatic hydroxyl groups is 1. The largest absolute Gasteiger partial charge is 0.393 e. The lowest BCUT2D eigenvalue weighted by Crippen LogP contribution is -2.43. The highest BCUT2D eigenvalue weighted by Gasteiger charge is 2.49. The summed E-state index contributed by atoms with van der Waals surface area (Å²) in [5.74, 6) is -0.363. The van der Waals surface area contributed by atoms with Crippen molar-refractivity contribution in [2.75, 3.05) is 13.2 Å². The highest BCUT2D eigenvalue weighted by molar-refractivity contribution is 7.09. The molecule has 16 heavy (non-hydrogen) atoms. The lowest BCUT2D eigenvalue weighted by molar-refractivity contribution is -0.201. The predicted octanol–water partition coefficient (Wildman–Crippen LogP) is 1.51. The van der Waals surface area contributed by atoms with Crippen LogP contribution in [0, 0.1) is 0 Å². The van der Waals surface area contributed by atoms with Crippen molar-refractivity contribution in [1.82, 2.24) is 4.98 Å². The highest BCUT2D eigenvalue weighted by Crippen LogP contribution is 2.47. The Morgan fingerprint density at radius 1 is 1.44 bits per heavy atom. The number of ether oxygens (including phenoxy) is 2. The van der Waals surface area contributed by atoms with Gasteiger partial charge in [0, 0.05) is 17.5 Å². The van der Waals surface area contributed by atoms with Crippen molar-refractivity contribution in [3.05, 3.63) is 16.6 Å². The molecule has 1 aromatic rings. The zero-order chi connectivity index (χ0) is 11.0. The van der Waals surface area contributed by atoms with E-state index in [9.17, 15) is 5.11 Å². The summed E-state index contributed by atoms with van der Waals surface area (Å²) in [6, 6.07) is 0. The van der Waals surface area contributed by atoms with Crippen molar-refractivity contribution >= 4 is 11.3 Å². The van der Waals surface area contributed by atoms with Gasteiger partial charge >= 0.3 is 0 Å². The molecule has 4 nitrogen and oxygen atoms in total. The van der Waals surface area contributed by atoms with Gasteiger partial charge in [-0.2, -0.15) is 0 Å². The van der Waals surface area contributed by atoms with Crippen molar-refractivity contribution in [2.24, 2.45) is 0 Å². The molecule has 1 aromatic heterocycles. The third-order valence-electron chi connectivity index (χ3n) is 3.44. The molecule has 0 bridgehead atoms. The number of nitrogens with zero attached hydrogens (tertiary/aromatic N) is 1. The van der Waals surface area contributed by atoms with E-state index in [-0.39, 0.29) is 12.0 Å². The predicted molar refractivity (Wildman–Crippen MR) is 59.3 cm³/mol. The van der Waals surface area contributed by atoms with Gasteiger partial charge in [-0.1, -0.05) is 0 Å². The number of aliphatic hydroxyl groups excluding tert-OH is 1. The molecule has 2 unspecified atom stereocenters. The van der Waals surface area contributed by atoms with E-state index in [4.69, 9.17) is 9.47 Å². The van der Waals surface area contributed by atoms with E-state index >= 15 is 0 Å². The van der Waals surface area contributed by atoms with E-state index in [0.29, 0.717) is 19.6 Å². The normalized spacial score (nSPS) is 33.3. The molecule has 2 heterocycles. The zero-order valence-electron chi connectivity index (χ0n) is 8.96. The summed E-state index contributed by atoms with van der Waals surface area (Å²) in [6.45, 7) is 1.32. The van der Waals surface area contributed by atoms with Crippen LogP contribution in [-0.2, 0) is 9.47 Å². The van der Waals surface area contributed by atoms with E-state index in [0.717, 1.165) is 17.7 Å². The third kappa shape index (κ3) is 1.68. The van der Waals surface area contributed by atoms with E-state index in [1.54, 1.807) is 11.3 Å². The minimum Gasteiger partial charge on any atom is -0.393 e. The van der Waals surface area contributed by atoms with E-state index in [1.165, 1.54) is 0 Å². The van der Waals surface area contributed by atoms with E-state index in [2.05, 4.69) is 4.98 Å². The summed E-state index contributed by atoms with van der Waals surface area (Å²) >= 11 is 1.61. The van der Waals surface area contributed by atoms with Crippen molar-refractivity contribution in [3.8, 4) is 0 Å². The molecular formula is C11H15NO3S. The van der Waals surface area contributed by atoms with Gasteiger partial charge in [0.1, 0.15) is 0 Å². The van der Waals surface area contributed by atoms with Crippen LogP contribution >= 0.6 is 11.3 Å². The van der Waals surface area contributed by atoms with Gasteiger partial charge in [0.05, 0.1) is 30.7 Å². The monoisotopic (exact) mass is 241 g/mol. The maximum atomic E-state index is 9.80. The number of rotatable bonds is 1. The molecule has 2 aliphatic rings. The molecule has 1 N–H and O–H groups in total. The number of thiazole rings is 1. The standard InChI is InChI=1S/C11H15NO3S/c13-8-1-2-11(14-3-4-15-11)9(5-8)10-6-12-7-16-10/h6-9,13H,1-5H2. The Kier molecular flexibility index (Phi) is 2.71. The fourth-order valence-electron chi connectivity index (χ4n) is 2.66. The highest BCUT2D eigenvalue weighted by atomic mass is 32.1. The molecule has 1 aliphatic carbocycles. The lowest BCUT2D eigenvalue weighted by Gasteiger charge is -2.40. The third-order valence-corrected chi connectivity index (χ3v) is 4.32. The van der Waals surface area contributed by atoms with Crippen molar-refractivity contribution < 1.29 is 14.6 Å². The number of hydrogen-bond acceptors (Lipinski definition) is 5. The van der Waals surface area contributed by atoms with Crippen LogP contribution in [0.4, 0.5) is 0 Å². The van der Waals surface area contributed by atoms with Gasteiger partial charge < -0.3 is 14.6 Å². The van der Waals surface area contributed by atoms with Crippen LogP contribution in [0.3, 0.4) is 0 Å². The maximum Gasteiger partial charge on any atom is 0.176 e. The van der Waals surface area contributed by atoms with Crippen LogP contribution < -0.4 is 0 Å². The van der Waals surface area contributed by atoms with Gasteiger partial charge in [0.2, 0.25) is 0 Å². The quantitative estimate of drug-likeness (QED) is 0.810. The van der Waals surface area contributed by atoms with Gasteiger partial charge in [0.15, 0.2) is 5.79 Å². The molecule has 0 radical (unpaired) electrons. The minimum absolute atomic E-state index is 0.131. The van der Waals surface area contributed by atoms with Gasteiger partial charge in [-0.3, -0.25) is 4.98 Å². The molecule has 1 saturated heterocycles. The Morgan fingerprint density at radius 3 is 2.94 bits per heavy atom. The van der Waals surface area contributed by atoms with Crippen LogP contribution in [0.15, 0.2) is 11.7 Å². The molecule has 0 amide bonds. The van der Waals surface area contributed by atoms with Crippen LogP contribution in [0.2, 0.25) is 0 Å². The molecule has 1 saturated carbocycles. The molecule has 0 aromatic carbocycles. The van der Waals surface area contributed by atoms with Crippen LogP contribution in [0.5, 0.6) is 0 Å². The SMILES string of the molecule is OC1CCC2(OCCO2)C(c2cncs2)C1. The molecule has 1 spiro atoms. The Balaban J connectivity index is 1.91. The van der Waals surface area contributed by atoms with Gasteiger partial charge in [-0.15, -0.1) is 11.3 Å². The lowest BCUT2D eigenvalue weighted by atomic mass is 9.81. The Bertz CT molecular complexity index is 348. The maximum absolute atomic E-state index is 9.80. The summed E-state index contributed by atoms with van der Waals surface area (Å²) in [5.41, 5.74) is 1.82. The van der Waals surface area contributed by atoms with Crippen molar-refractivity contribution in [3.63, 3.8) is 0 Å². The summed E-state index contributed by atoms with van der Waals surface area (Å²) in [7, 11) is 0. The first-order chi connectivity index (χ1) is 7.80. The number of aromatic nitrogens is 1. The van der Waals surface area contributed by atoms with Gasteiger partial charge in [0.25, 0.3) is 0 Å². The molecule has 2 atom stereocenters. The van der Waals surface area contributed by atoms with E-state index in [1.807, 2.05) is 11.7 Å². The van der Waals surface area contributed by atoms with Crippen molar-refractivity contribution in [1.29, 1.82) is 0 Å². The first-order valence-electron chi connectivity index (χ1n) is 5.64. The first-order valence-corrected chi connectivity index (χ1v) is 6.52. The topological polar surface area (TPSA) is 51.6 Å². The van der Waals surface area contributed by atoms with Gasteiger partial charge in [-0.05, 0) is 12.8 Å². The first kappa shape index (κ1) is 10.7. The Morgan fingerprint density at radius 2 is 2.25 bits per heavy atom. The second-order valence-electron chi connectivity index (χ2n) is 4.39. The van der Waals surface area contributed by atoms with E-state index < -0.39 is 5.79 Å². The summed E-state index contributed by atoms with van der Waals surface area (Å²) in [5, 5.41) is 9.80. The Hall–Kier alpha value is -0.490. The molecule has 2 fully saturated rings. The second kappa shape index (κ2) is 4.07. The smallest absolute Gasteiger partial charge is 0.176 e. The fourth-order valence-corrected chi connectivity index (χ4v) is 3.46. The average molecular weight is 241 g/mol. The van der Waals surface area contributed by atoms with Crippen molar-refractivity contribution in [2.45, 2.75) is 37.1 Å².